The maximum Gasteiger partial charge on any atom is 0.244 e. The highest BCUT2D eigenvalue weighted by Crippen LogP contribution is 2.24. The van der Waals surface area contributed by atoms with Gasteiger partial charge in [0.25, 0.3) is 0 Å². The van der Waals surface area contributed by atoms with E-state index in [4.69, 9.17) is 15.4 Å². The minimum atomic E-state index is -0.730. The van der Waals surface area contributed by atoms with Gasteiger partial charge in [-0.3, -0.25) is 0 Å². The Morgan fingerprint density at radius 1 is 1.39 bits per heavy atom. The SMILES string of the molecule is CC(C)[C@@H](N)c1nc(-c2ccc(O)c(F)c2)no1. The molecule has 1 atom stereocenters. The standard InChI is InChI=1S/C12H14FN3O2/c1-6(2)10(14)12-15-11(16-18-12)7-3-4-9(17)8(13)5-7/h3-6,10,17H,14H2,1-2H3/t10-/m1/s1. The van der Waals surface area contributed by atoms with Gasteiger partial charge in [0.1, 0.15) is 0 Å². The summed E-state index contributed by atoms with van der Waals surface area (Å²) in [4.78, 5) is 4.12. The smallest absolute Gasteiger partial charge is 0.244 e. The molecule has 0 fully saturated rings. The Bertz CT molecular complexity index is 554. The maximum atomic E-state index is 13.2. The van der Waals surface area contributed by atoms with Crippen molar-refractivity contribution in [3.05, 3.63) is 29.9 Å². The first-order valence-electron chi connectivity index (χ1n) is 5.57. The van der Waals surface area contributed by atoms with Crippen molar-refractivity contribution in [2.24, 2.45) is 11.7 Å². The van der Waals surface area contributed by atoms with Crippen LogP contribution >= 0.6 is 0 Å². The number of hydrogen-bond donors (Lipinski definition) is 2. The van der Waals surface area contributed by atoms with Crippen LogP contribution in [0.15, 0.2) is 22.7 Å². The Hall–Kier alpha value is -1.95. The predicted octanol–water partition coefficient (Wildman–Crippen LogP) is 2.24. The molecule has 0 aliphatic carbocycles. The first-order chi connectivity index (χ1) is 8.49. The fourth-order valence-corrected chi connectivity index (χ4v) is 1.42. The van der Waals surface area contributed by atoms with Gasteiger partial charge in [-0.05, 0) is 24.1 Å². The van der Waals surface area contributed by atoms with Crippen molar-refractivity contribution in [2.75, 3.05) is 0 Å². The number of rotatable bonds is 3. The van der Waals surface area contributed by atoms with Crippen LogP contribution in [0, 0.1) is 11.7 Å². The molecule has 1 aromatic heterocycles. The summed E-state index contributed by atoms with van der Waals surface area (Å²) >= 11 is 0. The van der Waals surface area contributed by atoms with Crippen molar-refractivity contribution >= 4 is 0 Å². The van der Waals surface area contributed by atoms with E-state index >= 15 is 0 Å². The Kier molecular flexibility index (Phi) is 3.29. The van der Waals surface area contributed by atoms with E-state index in [-0.39, 0.29) is 17.8 Å². The second-order valence-corrected chi connectivity index (χ2v) is 4.39. The van der Waals surface area contributed by atoms with Gasteiger partial charge in [0, 0.05) is 5.56 Å². The summed E-state index contributed by atoms with van der Waals surface area (Å²) < 4.78 is 18.2. The molecule has 3 N–H and O–H groups in total. The number of phenols is 1. The molecule has 6 heteroatoms. The summed E-state index contributed by atoms with van der Waals surface area (Å²) in [5, 5.41) is 12.8. The van der Waals surface area contributed by atoms with Crippen LogP contribution in [-0.4, -0.2) is 15.2 Å². The molecular weight excluding hydrogens is 237 g/mol. The maximum absolute atomic E-state index is 13.2. The van der Waals surface area contributed by atoms with Crippen molar-refractivity contribution < 1.29 is 14.0 Å². The molecule has 0 aliphatic rings. The molecule has 0 bridgehead atoms. The second kappa shape index (κ2) is 4.73. The third-order valence-corrected chi connectivity index (χ3v) is 2.65. The van der Waals surface area contributed by atoms with Gasteiger partial charge in [0.05, 0.1) is 6.04 Å². The van der Waals surface area contributed by atoms with Gasteiger partial charge in [0.2, 0.25) is 11.7 Å². The highest BCUT2D eigenvalue weighted by atomic mass is 19.1. The molecule has 5 nitrogen and oxygen atoms in total. The minimum absolute atomic E-state index is 0.162. The van der Waals surface area contributed by atoms with Crippen LogP contribution < -0.4 is 5.73 Å². The van der Waals surface area contributed by atoms with Crippen LogP contribution in [0.3, 0.4) is 0 Å². The Morgan fingerprint density at radius 3 is 2.72 bits per heavy atom. The highest BCUT2D eigenvalue weighted by molar-refractivity contribution is 5.55. The Balaban J connectivity index is 2.32. The lowest BCUT2D eigenvalue weighted by Crippen LogP contribution is -2.16. The summed E-state index contributed by atoms with van der Waals surface area (Å²) in [5.41, 5.74) is 6.30. The lowest BCUT2D eigenvalue weighted by molar-refractivity contribution is 0.325. The molecule has 0 spiro atoms. The molecule has 0 saturated heterocycles. The minimum Gasteiger partial charge on any atom is -0.505 e. The molecule has 1 aromatic carbocycles. The van der Waals surface area contributed by atoms with E-state index in [1.54, 1.807) is 0 Å². The van der Waals surface area contributed by atoms with E-state index in [1.807, 2.05) is 13.8 Å². The molecule has 1 heterocycles. The lowest BCUT2D eigenvalue weighted by atomic mass is 10.1. The van der Waals surface area contributed by atoms with Crippen LogP contribution in [0.25, 0.3) is 11.4 Å². The van der Waals surface area contributed by atoms with Crippen LogP contribution in [0.2, 0.25) is 0 Å². The van der Waals surface area contributed by atoms with Gasteiger partial charge in [-0.2, -0.15) is 4.98 Å². The van der Waals surface area contributed by atoms with Crippen LogP contribution in [0.5, 0.6) is 5.75 Å². The van der Waals surface area contributed by atoms with E-state index in [1.165, 1.54) is 12.1 Å². The first kappa shape index (κ1) is 12.5. The van der Waals surface area contributed by atoms with Crippen molar-refractivity contribution in [3.63, 3.8) is 0 Å². The summed E-state index contributed by atoms with van der Waals surface area (Å²) in [6.07, 6.45) is 0. The number of aromatic nitrogens is 2. The number of nitrogens with zero attached hydrogens (tertiary/aromatic N) is 2. The van der Waals surface area contributed by atoms with Gasteiger partial charge < -0.3 is 15.4 Å². The number of phenolic OH excluding ortho intramolecular Hbond substituents is 1. The van der Waals surface area contributed by atoms with Gasteiger partial charge in [-0.15, -0.1) is 0 Å². The van der Waals surface area contributed by atoms with E-state index in [0.717, 1.165) is 6.07 Å². The summed E-state index contributed by atoms with van der Waals surface area (Å²) in [6.45, 7) is 3.88. The zero-order valence-corrected chi connectivity index (χ0v) is 10.1. The quantitative estimate of drug-likeness (QED) is 0.873. The number of nitrogens with two attached hydrogens (primary N) is 1. The molecule has 2 aromatic rings. The zero-order chi connectivity index (χ0) is 13.3. The molecule has 18 heavy (non-hydrogen) atoms. The predicted molar refractivity (Wildman–Crippen MR) is 63.1 cm³/mol. The molecular formula is C12H14FN3O2. The largest absolute Gasteiger partial charge is 0.505 e. The van der Waals surface area contributed by atoms with Crippen molar-refractivity contribution in [3.8, 4) is 17.1 Å². The summed E-state index contributed by atoms with van der Waals surface area (Å²) in [6, 6.07) is 3.54. The van der Waals surface area contributed by atoms with E-state index < -0.39 is 11.6 Å². The summed E-state index contributed by atoms with van der Waals surface area (Å²) in [7, 11) is 0. The van der Waals surface area contributed by atoms with E-state index in [0.29, 0.717) is 11.5 Å². The van der Waals surface area contributed by atoms with Crippen LogP contribution in [0.1, 0.15) is 25.8 Å². The topological polar surface area (TPSA) is 85.2 Å². The van der Waals surface area contributed by atoms with Gasteiger partial charge >= 0.3 is 0 Å². The molecule has 0 unspecified atom stereocenters. The van der Waals surface area contributed by atoms with E-state index in [2.05, 4.69) is 10.1 Å². The monoisotopic (exact) mass is 251 g/mol. The van der Waals surface area contributed by atoms with Gasteiger partial charge in [-0.1, -0.05) is 19.0 Å². The van der Waals surface area contributed by atoms with Crippen molar-refractivity contribution in [1.29, 1.82) is 0 Å². The normalized spacial score (nSPS) is 12.9. The molecule has 0 saturated carbocycles. The number of aromatic hydroxyl groups is 1. The third-order valence-electron chi connectivity index (χ3n) is 2.65. The fraction of sp³-hybridized carbons (Fsp3) is 0.333. The third kappa shape index (κ3) is 2.33. The number of benzene rings is 1. The van der Waals surface area contributed by atoms with Crippen molar-refractivity contribution in [2.45, 2.75) is 19.9 Å². The molecule has 0 amide bonds. The number of halogens is 1. The average Bonchev–Trinajstić information content (AvgIpc) is 2.81. The average molecular weight is 251 g/mol. The molecule has 2 rings (SSSR count). The Morgan fingerprint density at radius 2 is 2.11 bits per heavy atom. The van der Waals surface area contributed by atoms with Crippen molar-refractivity contribution in [1.82, 2.24) is 10.1 Å². The summed E-state index contributed by atoms with van der Waals surface area (Å²) in [5.74, 6) is -0.420. The lowest BCUT2D eigenvalue weighted by Gasteiger charge is -2.09. The highest BCUT2D eigenvalue weighted by Gasteiger charge is 2.19. The van der Waals surface area contributed by atoms with E-state index in [9.17, 15) is 4.39 Å². The molecule has 96 valence electrons. The Labute approximate surface area is 103 Å². The van der Waals surface area contributed by atoms with Crippen LogP contribution in [0.4, 0.5) is 4.39 Å². The second-order valence-electron chi connectivity index (χ2n) is 4.39. The van der Waals surface area contributed by atoms with Gasteiger partial charge in [-0.25, -0.2) is 4.39 Å². The fourth-order valence-electron chi connectivity index (χ4n) is 1.42. The molecule has 0 aliphatic heterocycles. The number of hydrogen-bond acceptors (Lipinski definition) is 5. The van der Waals surface area contributed by atoms with Gasteiger partial charge in [0.15, 0.2) is 11.6 Å². The first-order valence-corrected chi connectivity index (χ1v) is 5.57. The molecule has 0 radical (unpaired) electrons. The van der Waals surface area contributed by atoms with Crippen LogP contribution in [-0.2, 0) is 0 Å². The zero-order valence-electron chi connectivity index (χ0n) is 10.1.